The second kappa shape index (κ2) is 5.12. The predicted molar refractivity (Wildman–Crippen MR) is 62.7 cm³/mol. The van der Waals surface area contributed by atoms with Crippen LogP contribution in [0.25, 0.3) is 0 Å². The number of nitrogens with zero attached hydrogens (tertiary/aromatic N) is 2. The molecule has 0 fully saturated rings. The van der Waals surface area contributed by atoms with Gasteiger partial charge in [0.05, 0.1) is 17.6 Å². The van der Waals surface area contributed by atoms with E-state index >= 15 is 0 Å². The zero-order valence-electron chi connectivity index (χ0n) is 10.2. The largest absolute Gasteiger partial charge is 0.356 e. The second-order valence-electron chi connectivity index (χ2n) is 4.40. The van der Waals surface area contributed by atoms with E-state index in [2.05, 4.69) is 10.3 Å². The van der Waals surface area contributed by atoms with Crippen LogP contribution in [0, 0.1) is 0 Å². The molecule has 0 unspecified atom stereocenters. The molecule has 0 aromatic carbocycles. The van der Waals surface area contributed by atoms with Crippen LogP contribution < -0.4 is 11.1 Å². The van der Waals surface area contributed by atoms with Gasteiger partial charge in [-0.3, -0.25) is 4.79 Å². The SMILES string of the molecule is CCNC(=O)CCn1cncc1C(C)(C)N. The first-order valence-electron chi connectivity index (χ1n) is 5.51. The number of aromatic nitrogens is 2. The van der Waals surface area contributed by atoms with Crippen LogP contribution in [0.1, 0.15) is 32.9 Å². The van der Waals surface area contributed by atoms with Crippen molar-refractivity contribution < 1.29 is 4.79 Å². The standard InChI is InChI=1S/C11H20N4O/c1-4-14-10(16)5-6-15-8-13-7-9(15)11(2,3)12/h7-8H,4-6,12H2,1-3H3,(H,14,16). The number of amides is 1. The van der Waals surface area contributed by atoms with Crippen molar-refractivity contribution in [3.05, 3.63) is 18.2 Å². The zero-order valence-corrected chi connectivity index (χ0v) is 10.2. The average Bonchev–Trinajstić information content (AvgIpc) is 2.62. The average molecular weight is 224 g/mol. The van der Waals surface area contributed by atoms with Crippen molar-refractivity contribution in [2.45, 2.75) is 39.3 Å². The Morgan fingerprint density at radius 3 is 2.88 bits per heavy atom. The first kappa shape index (κ1) is 12.7. The van der Waals surface area contributed by atoms with Gasteiger partial charge in [-0.15, -0.1) is 0 Å². The Morgan fingerprint density at radius 2 is 2.31 bits per heavy atom. The lowest BCUT2D eigenvalue weighted by atomic mass is 10.0. The Balaban J connectivity index is 2.61. The molecule has 0 aliphatic carbocycles. The third kappa shape index (κ3) is 3.34. The first-order chi connectivity index (χ1) is 7.45. The molecule has 1 amide bonds. The number of carbonyl (C=O) groups excluding carboxylic acids is 1. The number of hydrogen-bond donors (Lipinski definition) is 2. The number of nitrogens with one attached hydrogen (secondary N) is 1. The van der Waals surface area contributed by atoms with Gasteiger partial charge in [-0.25, -0.2) is 4.98 Å². The van der Waals surface area contributed by atoms with Crippen molar-refractivity contribution >= 4 is 5.91 Å². The molecular weight excluding hydrogens is 204 g/mol. The van der Waals surface area contributed by atoms with Gasteiger partial charge in [-0.1, -0.05) is 0 Å². The van der Waals surface area contributed by atoms with E-state index in [0.717, 1.165) is 5.69 Å². The second-order valence-corrected chi connectivity index (χ2v) is 4.40. The molecular formula is C11H20N4O. The van der Waals surface area contributed by atoms with Crippen molar-refractivity contribution in [1.82, 2.24) is 14.9 Å². The summed E-state index contributed by atoms with van der Waals surface area (Å²) in [4.78, 5) is 15.4. The molecule has 0 atom stereocenters. The maximum atomic E-state index is 11.3. The van der Waals surface area contributed by atoms with E-state index in [1.807, 2.05) is 25.3 Å². The smallest absolute Gasteiger partial charge is 0.221 e. The summed E-state index contributed by atoms with van der Waals surface area (Å²) in [5.41, 5.74) is 6.51. The molecule has 1 heterocycles. The Hall–Kier alpha value is -1.36. The highest BCUT2D eigenvalue weighted by Gasteiger charge is 2.18. The number of carbonyl (C=O) groups is 1. The quantitative estimate of drug-likeness (QED) is 0.769. The highest BCUT2D eigenvalue weighted by molar-refractivity contribution is 5.75. The van der Waals surface area contributed by atoms with Crippen LogP contribution in [0.15, 0.2) is 12.5 Å². The normalized spacial score (nSPS) is 11.5. The van der Waals surface area contributed by atoms with E-state index < -0.39 is 5.54 Å². The van der Waals surface area contributed by atoms with Gasteiger partial charge in [-0.2, -0.15) is 0 Å². The lowest BCUT2D eigenvalue weighted by Gasteiger charge is -2.20. The minimum Gasteiger partial charge on any atom is -0.356 e. The first-order valence-corrected chi connectivity index (χ1v) is 5.51. The Labute approximate surface area is 96.0 Å². The summed E-state index contributed by atoms with van der Waals surface area (Å²) >= 11 is 0. The maximum absolute atomic E-state index is 11.3. The molecule has 5 heteroatoms. The highest BCUT2D eigenvalue weighted by atomic mass is 16.1. The molecule has 1 rings (SSSR count). The maximum Gasteiger partial charge on any atom is 0.221 e. The Kier molecular flexibility index (Phi) is 4.06. The van der Waals surface area contributed by atoms with Gasteiger partial charge >= 0.3 is 0 Å². The zero-order chi connectivity index (χ0) is 12.2. The summed E-state index contributed by atoms with van der Waals surface area (Å²) in [5, 5.41) is 2.76. The van der Waals surface area contributed by atoms with E-state index in [1.54, 1.807) is 12.5 Å². The van der Waals surface area contributed by atoms with Gasteiger partial charge in [0.15, 0.2) is 0 Å². The van der Waals surface area contributed by atoms with E-state index in [0.29, 0.717) is 19.5 Å². The number of rotatable bonds is 5. The van der Waals surface area contributed by atoms with Crippen LogP contribution in [0.4, 0.5) is 0 Å². The summed E-state index contributed by atoms with van der Waals surface area (Å²) in [5.74, 6) is 0.0528. The molecule has 5 nitrogen and oxygen atoms in total. The number of nitrogens with two attached hydrogens (primary N) is 1. The molecule has 1 aromatic heterocycles. The lowest BCUT2D eigenvalue weighted by molar-refractivity contribution is -0.121. The molecule has 0 spiro atoms. The van der Waals surface area contributed by atoms with Crippen molar-refractivity contribution in [2.75, 3.05) is 6.54 Å². The van der Waals surface area contributed by atoms with Crippen LogP contribution in [0.2, 0.25) is 0 Å². The molecule has 1 aromatic rings. The molecule has 0 saturated heterocycles. The molecule has 0 aliphatic rings. The highest BCUT2D eigenvalue weighted by Crippen LogP contribution is 2.16. The molecule has 90 valence electrons. The molecule has 0 aliphatic heterocycles. The fourth-order valence-electron chi connectivity index (χ4n) is 1.54. The molecule has 3 N–H and O–H groups in total. The number of aryl methyl sites for hydroxylation is 1. The topological polar surface area (TPSA) is 72.9 Å². The van der Waals surface area contributed by atoms with Crippen molar-refractivity contribution in [3.8, 4) is 0 Å². The van der Waals surface area contributed by atoms with E-state index in [1.165, 1.54) is 0 Å². The van der Waals surface area contributed by atoms with Gasteiger partial charge in [-0.05, 0) is 20.8 Å². The summed E-state index contributed by atoms with van der Waals surface area (Å²) in [6.45, 7) is 7.03. The summed E-state index contributed by atoms with van der Waals surface area (Å²) in [6, 6.07) is 0. The van der Waals surface area contributed by atoms with Crippen LogP contribution in [-0.2, 0) is 16.9 Å². The van der Waals surface area contributed by atoms with Crippen molar-refractivity contribution in [2.24, 2.45) is 5.73 Å². The molecule has 16 heavy (non-hydrogen) atoms. The molecule has 0 bridgehead atoms. The van der Waals surface area contributed by atoms with E-state index in [-0.39, 0.29) is 5.91 Å². The minimum atomic E-state index is -0.433. The third-order valence-electron chi connectivity index (χ3n) is 2.33. The van der Waals surface area contributed by atoms with Gasteiger partial charge in [0, 0.05) is 25.7 Å². The number of hydrogen-bond acceptors (Lipinski definition) is 3. The number of imidazole rings is 1. The van der Waals surface area contributed by atoms with Crippen LogP contribution in [0.5, 0.6) is 0 Å². The Bertz CT molecular complexity index is 351. The predicted octanol–water partition coefficient (Wildman–Crippen LogP) is 0.603. The summed E-state index contributed by atoms with van der Waals surface area (Å²) in [7, 11) is 0. The minimum absolute atomic E-state index is 0.0528. The van der Waals surface area contributed by atoms with E-state index in [4.69, 9.17) is 5.73 Å². The van der Waals surface area contributed by atoms with Crippen molar-refractivity contribution in [1.29, 1.82) is 0 Å². The van der Waals surface area contributed by atoms with Gasteiger partial charge in [0.25, 0.3) is 0 Å². The van der Waals surface area contributed by atoms with Gasteiger partial charge in [0.1, 0.15) is 0 Å². The lowest BCUT2D eigenvalue weighted by Crippen LogP contribution is -2.32. The summed E-state index contributed by atoms with van der Waals surface area (Å²) in [6.07, 6.45) is 3.91. The third-order valence-corrected chi connectivity index (χ3v) is 2.33. The van der Waals surface area contributed by atoms with Crippen LogP contribution in [0.3, 0.4) is 0 Å². The van der Waals surface area contributed by atoms with Crippen molar-refractivity contribution in [3.63, 3.8) is 0 Å². The van der Waals surface area contributed by atoms with E-state index in [9.17, 15) is 4.79 Å². The van der Waals surface area contributed by atoms with Gasteiger partial charge < -0.3 is 15.6 Å². The van der Waals surface area contributed by atoms with Gasteiger partial charge in [0.2, 0.25) is 5.91 Å². The van der Waals surface area contributed by atoms with Crippen LogP contribution >= 0.6 is 0 Å². The fourth-order valence-corrected chi connectivity index (χ4v) is 1.54. The molecule has 0 radical (unpaired) electrons. The fraction of sp³-hybridized carbons (Fsp3) is 0.636. The Morgan fingerprint density at radius 1 is 1.62 bits per heavy atom. The summed E-state index contributed by atoms with van der Waals surface area (Å²) < 4.78 is 1.93. The molecule has 0 saturated carbocycles. The van der Waals surface area contributed by atoms with Crippen LogP contribution in [-0.4, -0.2) is 22.0 Å². The monoisotopic (exact) mass is 224 g/mol.